The van der Waals surface area contributed by atoms with Crippen LogP contribution in [0.3, 0.4) is 0 Å². The Morgan fingerprint density at radius 3 is 2.65 bits per heavy atom. The van der Waals surface area contributed by atoms with Gasteiger partial charge in [0, 0.05) is 37.8 Å². The maximum absolute atomic E-state index is 12.0. The summed E-state index contributed by atoms with van der Waals surface area (Å²) in [6, 6.07) is 0.443. The van der Waals surface area contributed by atoms with E-state index in [1.54, 1.807) is 0 Å². The molecule has 1 aliphatic heterocycles. The summed E-state index contributed by atoms with van der Waals surface area (Å²) in [7, 11) is 0. The smallest absolute Gasteiger partial charge is 0.372 e. The second-order valence-corrected chi connectivity index (χ2v) is 6.38. The van der Waals surface area contributed by atoms with Gasteiger partial charge in [0.1, 0.15) is 6.61 Å². The van der Waals surface area contributed by atoms with Crippen LogP contribution in [0.15, 0.2) is 0 Å². The molecule has 2 fully saturated rings. The minimum absolute atomic E-state index is 0.163. The van der Waals surface area contributed by atoms with Crippen molar-refractivity contribution in [3.8, 4) is 0 Å². The van der Waals surface area contributed by atoms with Crippen LogP contribution < -0.4 is 5.32 Å². The molecule has 1 aliphatic carbocycles. The van der Waals surface area contributed by atoms with Crippen LogP contribution >= 0.6 is 0 Å². The maximum Gasteiger partial charge on any atom is 0.411 e. The fourth-order valence-corrected chi connectivity index (χ4v) is 3.10. The summed E-state index contributed by atoms with van der Waals surface area (Å²) in [4.78, 5) is 2.45. The van der Waals surface area contributed by atoms with Crippen LogP contribution in [0.4, 0.5) is 13.2 Å². The van der Waals surface area contributed by atoms with E-state index < -0.39 is 12.8 Å². The van der Waals surface area contributed by atoms with Crippen LogP contribution in [-0.2, 0) is 4.74 Å². The fourth-order valence-electron chi connectivity index (χ4n) is 3.10. The lowest BCUT2D eigenvalue weighted by Gasteiger charge is -2.48. The monoisotopic (exact) mass is 294 g/mol. The van der Waals surface area contributed by atoms with Gasteiger partial charge < -0.3 is 10.1 Å². The molecule has 6 heteroatoms. The van der Waals surface area contributed by atoms with Gasteiger partial charge in [0.05, 0.1) is 0 Å². The third-order valence-corrected chi connectivity index (χ3v) is 4.46. The van der Waals surface area contributed by atoms with Crippen molar-refractivity contribution in [1.82, 2.24) is 10.2 Å². The molecular weight excluding hydrogens is 269 g/mol. The van der Waals surface area contributed by atoms with E-state index in [1.807, 2.05) is 0 Å². The first-order valence-electron chi connectivity index (χ1n) is 7.44. The third kappa shape index (κ3) is 4.33. The highest BCUT2D eigenvalue weighted by Crippen LogP contribution is 2.43. The second-order valence-electron chi connectivity index (χ2n) is 6.38. The Morgan fingerprint density at radius 2 is 2.05 bits per heavy atom. The van der Waals surface area contributed by atoms with Crippen LogP contribution in [0.1, 0.15) is 33.1 Å². The molecule has 3 nitrogen and oxygen atoms in total. The van der Waals surface area contributed by atoms with E-state index in [0.29, 0.717) is 12.5 Å². The van der Waals surface area contributed by atoms with Crippen molar-refractivity contribution in [2.75, 3.05) is 32.8 Å². The molecule has 118 valence electrons. The van der Waals surface area contributed by atoms with Gasteiger partial charge in [-0.2, -0.15) is 13.2 Å². The van der Waals surface area contributed by atoms with E-state index in [4.69, 9.17) is 4.74 Å². The number of ether oxygens (including phenoxy) is 1. The zero-order valence-electron chi connectivity index (χ0n) is 12.3. The first kappa shape index (κ1) is 16.0. The molecule has 20 heavy (non-hydrogen) atoms. The van der Waals surface area contributed by atoms with Crippen LogP contribution in [0.5, 0.6) is 0 Å². The average Bonchev–Trinajstić information content (AvgIpc) is 3.16. The van der Waals surface area contributed by atoms with Gasteiger partial charge in [0.25, 0.3) is 0 Å². The first-order chi connectivity index (χ1) is 9.31. The Morgan fingerprint density at radius 1 is 1.35 bits per heavy atom. The summed E-state index contributed by atoms with van der Waals surface area (Å²) in [5.41, 5.74) is 0.163. The molecule has 0 bridgehead atoms. The Balaban J connectivity index is 1.74. The highest BCUT2D eigenvalue weighted by Gasteiger charge is 2.47. The molecule has 0 spiro atoms. The van der Waals surface area contributed by atoms with Crippen molar-refractivity contribution in [1.29, 1.82) is 0 Å². The zero-order chi connectivity index (χ0) is 14.8. The lowest BCUT2D eigenvalue weighted by Crippen LogP contribution is -2.63. The molecule has 2 unspecified atom stereocenters. The topological polar surface area (TPSA) is 24.5 Å². The van der Waals surface area contributed by atoms with Gasteiger partial charge in [-0.25, -0.2) is 0 Å². The van der Waals surface area contributed by atoms with Gasteiger partial charge in [0.2, 0.25) is 0 Å². The molecule has 1 N–H and O–H groups in total. The van der Waals surface area contributed by atoms with Crippen LogP contribution in [0, 0.1) is 5.92 Å². The van der Waals surface area contributed by atoms with Gasteiger partial charge in [-0.1, -0.05) is 0 Å². The van der Waals surface area contributed by atoms with E-state index in [2.05, 4.69) is 24.1 Å². The molecule has 2 aliphatic rings. The second kappa shape index (κ2) is 6.20. The van der Waals surface area contributed by atoms with Crippen molar-refractivity contribution < 1.29 is 17.9 Å². The molecule has 0 amide bonds. The van der Waals surface area contributed by atoms with Gasteiger partial charge in [-0.3, -0.25) is 4.90 Å². The number of alkyl halides is 3. The third-order valence-electron chi connectivity index (χ3n) is 4.46. The number of nitrogens with zero attached hydrogens (tertiary/aromatic N) is 1. The van der Waals surface area contributed by atoms with Crippen molar-refractivity contribution in [2.24, 2.45) is 5.92 Å². The normalized spacial score (nSPS) is 32.5. The minimum Gasteiger partial charge on any atom is -0.372 e. The highest BCUT2D eigenvalue weighted by molar-refractivity contribution is 5.04. The molecule has 0 aromatic carbocycles. The summed E-state index contributed by atoms with van der Waals surface area (Å²) in [6.07, 6.45) is -1.02. The predicted octanol–water partition coefficient (Wildman–Crippen LogP) is 2.42. The first-order valence-corrected chi connectivity index (χ1v) is 7.44. The van der Waals surface area contributed by atoms with Gasteiger partial charge >= 0.3 is 6.18 Å². The molecule has 2 rings (SSSR count). The standard InChI is InChI=1S/C14H25F3N2O/c1-11-8-19(6-3-7-20-10-14(15,16)17)13(2,9-18-11)12-4-5-12/h11-12,18H,3-10H2,1-2H3. The van der Waals surface area contributed by atoms with E-state index in [1.165, 1.54) is 12.8 Å². The van der Waals surface area contributed by atoms with Gasteiger partial charge in [-0.05, 0) is 39.0 Å². The Labute approximate surface area is 118 Å². The van der Waals surface area contributed by atoms with Gasteiger partial charge in [-0.15, -0.1) is 0 Å². The Bertz CT molecular complexity index is 320. The lowest BCUT2D eigenvalue weighted by molar-refractivity contribution is -0.174. The van der Waals surface area contributed by atoms with Gasteiger partial charge in [0.15, 0.2) is 0 Å². The quantitative estimate of drug-likeness (QED) is 0.761. The average molecular weight is 294 g/mol. The van der Waals surface area contributed by atoms with Crippen LogP contribution in [-0.4, -0.2) is 55.5 Å². The predicted molar refractivity (Wildman–Crippen MR) is 71.7 cm³/mol. The molecule has 0 aromatic rings. The molecule has 1 saturated heterocycles. The summed E-state index contributed by atoms with van der Waals surface area (Å²) in [5.74, 6) is 0.735. The number of hydrogen-bond acceptors (Lipinski definition) is 3. The summed E-state index contributed by atoms with van der Waals surface area (Å²) < 4.78 is 40.6. The molecule has 1 saturated carbocycles. The summed E-state index contributed by atoms with van der Waals surface area (Å²) >= 11 is 0. The number of rotatable bonds is 6. The number of halogens is 3. The number of piperazine rings is 1. The maximum atomic E-state index is 12.0. The molecule has 1 heterocycles. The zero-order valence-corrected chi connectivity index (χ0v) is 12.3. The number of hydrogen-bond donors (Lipinski definition) is 1. The molecule has 2 atom stereocenters. The van der Waals surface area contributed by atoms with Crippen LogP contribution in [0.2, 0.25) is 0 Å². The Kier molecular flexibility index (Phi) is 4.97. The fraction of sp³-hybridized carbons (Fsp3) is 1.00. The highest BCUT2D eigenvalue weighted by atomic mass is 19.4. The van der Waals surface area contributed by atoms with E-state index >= 15 is 0 Å². The lowest BCUT2D eigenvalue weighted by atomic mass is 9.89. The largest absolute Gasteiger partial charge is 0.411 e. The number of nitrogens with one attached hydrogen (secondary N) is 1. The molecule has 0 radical (unpaired) electrons. The van der Waals surface area contributed by atoms with E-state index in [9.17, 15) is 13.2 Å². The van der Waals surface area contributed by atoms with Crippen molar-refractivity contribution in [2.45, 2.75) is 50.9 Å². The Hall–Kier alpha value is -0.330. The van der Waals surface area contributed by atoms with Crippen molar-refractivity contribution in [3.05, 3.63) is 0 Å². The molecule has 0 aromatic heterocycles. The van der Waals surface area contributed by atoms with E-state index in [0.717, 1.165) is 25.6 Å². The van der Waals surface area contributed by atoms with E-state index in [-0.39, 0.29) is 12.1 Å². The minimum atomic E-state index is -4.22. The molecular formula is C14H25F3N2O. The van der Waals surface area contributed by atoms with Crippen molar-refractivity contribution in [3.63, 3.8) is 0 Å². The summed E-state index contributed by atoms with van der Waals surface area (Å²) in [5, 5.41) is 3.52. The SMILES string of the molecule is CC1CN(CCCOCC(F)(F)F)C(C)(C2CC2)CN1. The summed E-state index contributed by atoms with van der Waals surface area (Å²) in [6.45, 7) is 6.23. The van der Waals surface area contributed by atoms with Crippen molar-refractivity contribution >= 4 is 0 Å². The van der Waals surface area contributed by atoms with Crippen LogP contribution in [0.25, 0.3) is 0 Å².